The van der Waals surface area contributed by atoms with E-state index in [-0.39, 0.29) is 5.41 Å². The minimum Gasteiger partial charge on any atom is -0.391 e. The zero-order valence-electron chi connectivity index (χ0n) is 22.0. The van der Waals surface area contributed by atoms with Crippen molar-refractivity contribution in [3.05, 3.63) is 89.7 Å². The largest absolute Gasteiger partial charge is 0.391 e. The number of anilines is 1. The number of halogens is 3. The molecule has 2 aromatic heterocycles. The van der Waals surface area contributed by atoms with Crippen LogP contribution in [0.4, 0.5) is 22.1 Å². The second-order valence-corrected chi connectivity index (χ2v) is 11.6. The Balaban J connectivity index is 1.48. The Hall–Kier alpha value is -3.96. The molecule has 1 aliphatic carbocycles. The van der Waals surface area contributed by atoms with E-state index in [9.17, 15) is 21.6 Å². The third kappa shape index (κ3) is 5.52. The van der Waals surface area contributed by atoms with Gasteiger partial charge in [0.2, 0.25) is 0 Å². The molecule has 3 N–H and O–H groups in total. The van der Waals surface area contributed by atoms with Crippen LogP contribution in [-0.4, -0.2) is 32.2 Å². The SMILES string of the molecule is Cc1cc(NC(=O)NC2c3ccccc3C(C)(C)C[C@H]2O)c(-c2ccccc2)nc1-c1cnc(S(F)(F)F)nc1. The van der Waals surface area contributed by atoms with Crippen molar-refractivity contribution in [1.29, 1.82) is 0 Å². The smallest absolute Gasteiger partial charge is 0.319 e. The molecule has 0 saturated heterocycles. The van der Waals surface area contributed by atoms with Gasteiger partial charge in [0, 0.05) is 23.5 Å². The maximum atomic E-state index is 13.3. The lowest BCUT2D eigenvalue weighted by Gasteiger charge is -2.40. The number of rotatable bonds is 5. The van der Waals surface area contributed by atoms with Crippen molar-refractivity contribution in [3.63, 3.8) is 0 Å². The molecule has 7 nitrogen and oxygen atoms in total. The first kappa shape index (κ1) is 27.6. The highest BCUT2D eigenvalue weighted by atomic mass is 32.3. The molecule has 2 atom stereocenters. The van der Waals surface area contributed by atoms with Gasteiger partial charge in [0.1, 0.15) is 0 Å². The third-order valence-corrected chi connectivity index (χ3v) is 7.66. The van der Waals surface area contributed by atoms with Crippen molar-refractivity contribution >= 4 is 22.9 Å². The van der Waals surface area contributed by atoms with Crippen LogP contribution in [0, 0.1) is 6.92 Å². The topological polar surface area (TPSA) is 100 Å². The van der Waals surface area contributed by atoms with Gasteiger partial charge < -0.3 is 15.7 Å². The normalized spacial score (nSPS) is 18.5. The number of amides is 2. The zero-order valence-corrected chi connectivity index (χ0v) is 22.8. The number of carbonyl (C=O) groups is 1. The molecule has 0 bridgehead atoms. The first-order chi connectivity index (χ1) is 18.9. The van der Waals surface area contributed by atoms with Crippen LogP contribution in [0.15, 0.2) is 78.2 Å². The van der Waals surface area contributed by atoms with Crippen molar-refractivity contribution in [2.75, 3.05) is 5.32 Å². The van der Waals surface area contributed by atoms with Crippen molar-refractivity contribution in [1.82, 2.24) is 20.3 Å². The lowest BCUT2D eigenvalue weighted by Crippen LogP contribution is -2.45. The monoisotopic (exact) mass is 567 g/mol. The van der Waals surface area contributed by atoms with Crippen molar-refractivity contribution in [2.45, 2.75) is 49.9 Å². The molecular formula is C29H28F3N5O2S. The summed E-state index contributed by atoms with van der Waals surface area (Å²) in [6, 6.07) is 17.5. The van der Waals surface area contributed by atoms with Gasteiger partial charge in [0.25, 0.3) is 16.3 Å². The number of pyridine rings is 1. The van der Waals surface area contributed by atoms with Crippen LogP contribution < -0.4 is 10.6 Å². The van der Waals surface area contributed by atoms with Gasteiger partial charge in [-0.2, -0.15) is 0 Å². The second kappa shape index (κ2) is 10.5. The summed E-state index contributed by atoms with van der Waals surface area (Å²) in [5.74, 6) is 0. The summed E-state index contributed by atoms with van der Waals surface area (Å²) in [4.78, 5) is 25.0. The van der Waals surface area contributed by atoms with Crippen LogP contribution in [-0.2, 0) is 5.41 Å². The molecule has 0 aliphatic heterocycles. The lowest BCUT2D eigenvalue weighted by molar-refractivity contribution is 0.0883. The number of aromatic nitrogens is 3. The Morgan fingerprint density at radius 3 is 2.30 bits per heavy atom. The molecule has 11 heteroatoms. The Morgan fingerprint density at radius 1 is 0.975 bits per heavy atom. The summed E-state index contributed by atoms with van der Waals surface area (Å²) in [5.41, 5.74) is 4.53. The maximum Gasteiger partial charge on any atom is 0.319 e. The summed E-state index contributed by atoms with van der Waals surface area (Å²) in [7, 11) is 0. The number of nitrogens with zero attached hydrogens (tertiary/aromatic N) is 3. The first-order valence-corrected chi connectivity index (χ1v) is 13.9. The minimum atomic E-state index is -5.54. The fraction of sp³-hybridized carbons (Fsp3) is 0.241. The van der Waals surface area contributed by atoms with Gasteiger partial charge in [0.15, 0.2) is 0 Å². The number of aliphatic hydroxyl groups excluding tert-OH is 1. The third-order valence-electron chi connectivity index (χ3n) is 7.03. The van der Waals surface area contributed by atoms with Gasteiger partial charge in [-0.15, -0.1) is 11.7 Å². The minimum absolute atomic E-state index is 0.245. The van der Waals surface area contributed by atoms with E-state index in [2.05, 4.69) is 34.4 Å². The first-order valence-electron chi connectivity index (χ1n) is 12.6. The molecule has 0 saturated carbocycles. The molecule has 2 amide bonds. The van der Waals surface area contributed by atoms with E-state index in [1.807, 2.05) is 54.6 Å². The maximum absolute atomic E-state index is 13.3. The van der Waals surface area contributed by atoms with Gasteiger partial charge in [-0.25, -0.2) is 19.7 Å². The van der Waals surface area contributed by atoms with E-state index in [1.54, 1.807) is 13.0 Å². The lowest BCUT2D eigenvalue weighted by atomic mass is 9.70. The fourth-order valence-corrected chi connectivity index (χ4v) is 5.54. The number of carbonyl (C=O) groups excluding carboxylic acids is 1. The molecular weight excluding hydrogens is 539 g/mol. The van der Waals surface area contributed by atoms with E-state index in [0.29, 0.717) is 40.2 Å². The molecule has 1 aliphatic rings. The van der Waals surface area contributed by atoms with E-state index in [4.69, 9.17) is 4.98 Å². The quantitative estimate of drug-likeness (QED) is 0.221. The van der Waals surface area contributed by atoms with Crippen LogP contribution in [0.3, 0.4) is 0 Å². The van der Waals surface area contributed by atoms with E-state index in [0.717, 1.165) is 23.5 Å². The molecule has 0 radical (unpaired) electrons. The predicted octanol–water partition coefficient (Wildman–Crippen LogP) is 7.24. The average molecular weight is 568 g/mol. The van der Waals surface area contributed by atoms with Gasteiger partial charge in [0.05, 0.1) is 29.2 Å². The molecule has 1 unspecified atom stereocenters. The number of urea groups is 1. The summed E-state index contributed by atoms with van der Waals surface area (Å²) >= 11 is -5.54. The van der Waals surface area contributed by atoms with Crippen molar-refractivity contribution in [2.24, 2.45) is 0 Å². The highest BCUT2D eigenvalue weighted by Crippen LogP contribution is 2.58. The summed E-state index contributed by atoms with van der Waals surface area (Å²) in [5, 5.41) is 15.6. The highest BCUT2D eigenvalue weighted by molar-refractivity contribution is 8.20. The fourth-order valence-electron chi connectivity index (χ4n) is 5.19. The molecule has 5 rings (SSSR count). The number of benzene rings is 2. The highest BCUT2D eigenvalue weighted by Gasteiger charge is 2.39. The number of aryl methyl sites for hydroxylation is 1. The van der Waals surface area contributed by atoms with E-state index < -0.39 is 34.5 Å². The van der Waals surface area contributed by atoms with Gasteiger partial charge in [-0.05, 0) is 41.5 Å². The molecule has 4 aromatic rings. The van der Waals surface area contributed by atoms with Crippen LogP contribution in [0.2, 0.25) is 0 Å². The van der Waals surface area contributed by atoms with E-state index in [1.165, 1.54) is 0 Å². The number of hydrogen-bond acceptors (Lipinski definition) is 5. The number of aliphatic hydroxyl groups is 1. The van der Waals surface area contributed by atoms with Gasteiger partial charge in [-0.1, -0.05) is 68.4 Å². The van der Waals surface area contributed by atoms with E-state index >= 15 is 0 Å². The molecule has 40 heavy (non-hydrogen) atoms. The molecule has 208 valence electrons. The molecule has 0 fully saturated rings. The Kier molecular flexibility index (Phi) is 7.28. The standard InChI is InChI=1S/C29H28F3N5O2S/c1-17-13-22(35-27(39)37-26-20-11-7-8-12-21(20)29(2,3)14-23(26)38)25(18-9-5-4-6-10-18)36-24(17)19-15-33-28(34-16-19)40(30,31)32/h4-13,15-16,23,26,38H,14H2,1-3H3,(H2,35,37,39)/t23-,26?/m1/s1. The Morgan fingerprint density at radius 2 is 1.62 bits per heavy atom. The average Bonchev–Trinajstić information content (AvgIpc) is 2.91. The number of fused-ring (bicyclic) bond motifs is 1. The Bertz CT molecular complexity index is 1550. The number of hydrogen-bond donors (Lipinski definition) is 3. The summed E-state index contributed by atoms with van der Waals surface area (Å²) in [6.45, 7) is 5.87. The van der Waals surface area contributed by atoms with Crippen LogP contribution in [0.1, 0.15) is 43.0 Å². The summed E-state index contributed by atoms with van der Waals surface area (Å²) < 4.78 is 39.2. The molecule has 0 spiro atoms. The molecule has 2 heterocycles. The van der Waals surface area contributed by atoms with Gasteiger partial charge in [-0.3, -0.25) is 0 Å². The number of nitrogens with one attached hydrogen (secondary N) is 2. The van der Waals surface area contributed by atoms with Crippen molar-refractivity contribution < 1.29 is 21.6 Å². The second-order valence-electron chi connectivity index (χ2n) is 10.4. The van der Waals surface area contributed by atoms with Crippen LogP contribution in [0.25, 0.3) is 22.5 Å². The molecule has 2 aromatic carbocycles. The zero-order chi connectivity index (χ0) is 28.7. The van der Waals surface area contributed by atoms with Crippen molar-refractivity contribution in [3.8, 4) is 22.5 Å². The van der Waals surface area contributed by atoms with Gasteiger partial charge >= 0.3 is 6.03 Å². The van der Waals surface area contributed by atoms with Crippen LogP contribution in [0.5, 0.6) is 0 Å². The predicted molar refractivity (Wildman–Crippen MR) is 150 cm³/mol. The Labute approximate surface area is 232 Å². The summed E-state index contributed by atoms with van der Waals surface area (Å²) in [6.07, 6.45) is 1.91. The van der Waals surface area contributed by atoms with Crippen LogP contribution >= 0.6 is 11.2 Å².